The highest BCUT2D eigenvalue weighted by atomic mass is 16.6. The number of carbonyl (C=O) groups is 2. The minimum atomic E-state index is -0.536. The Bertz CT molecular complexity index is 956. The highest BCUT2D eigenvalue weighted by molar-refractivity contribution is 6.06. The molecule has 0 unspecified atom stereocenters. The molecular weight excluding hydrogens is 392 g/mol. The molecule has 0 atom stereocenters. The summed E-state index contributed by atoms with van der Waals surface area (Å²) in [6, 6.07) is 11.0. The number of nitro groups is 1. The predicted octanol–water partition coefficient (Wildman–Crippen LogP) is 2.81. The van der Waals surface area contributed by atoms with Crippen molar-refractivity contribution in [1.82, 2.24) is 5.43 Å². The van der Waals surface area contributed by atoms with E-state index < -0.39 is 16.7 Å². The number of hydrogen-bond donors (Lipinski definition) is 2. The van der Waals surface area contributed by atoms with Crippen molar-refractivity contribution in [1.29, 1.82) is 0 Å². The normalized spacial score (nSPS) is 10.8. The topological polar surface area (TPSA) is 132 Å². The van der Waals surface area contributed by atoms with Crippen LogP contribution in [0.15, 0.2) is 47.6 Å². The molecule has 0 aromatic heterocycles. The second kappa shape index (κ2) is 10.6. The maximum atomic E-state index is 12.2. The summed E-state index contributed by atoms with van der Waals surface area (Å²) in [5.41, 5.74) is 3.58. The molecule has 10 heteroatoms. The molecule has 2 N–H and O–H groups in total. The summed E-state index contributed by atoms with van der Waals surface area (Å²) in [5.74, 6) is 0.271. The maximum absolute atomic E-state index is 12.2. The molecule has 0 spiro atoms. The van der Waals surface area contributed by atoms with Gasteiger partial charge < -0.3 is 14.8 Å². The van der Waals surface area contributed by atoms with E-state index in [0.717, 1.165) is 0 Å². The third-order valence-corrected chi connectivity index (χ3v) is 3.92. The lowest BCUT2D eigenvalue weighted by atomic mass is 10.1. The van der Waals surface area contributed by atoms with Gasteiger partial charge in [0.15, 0.2) is 6.61 Å². The van der Waals surface area contributed by atoms with Gasteiger partial charge in [-0.1, -0.05) is 6.07 Å². The lowest BCUT2D eigenvalue weighted by molar-refractivity contribution is -0.384. The highest BCUT2D eigenvalue weighted by Gasteiger charge is 2.12. The lowest BCUT2D eigenvalue weighted by Crippen LogP contribution is -2.26. The summed E-state index contributed by atoms with van der Waals surface area (Å²) in [5, 5.41) is 17.3. The zero-order valence-corrected chi connectivity index (χ0v) is 16.8. The van der Waals surface area contributed by atoms with Crippen molar-refractivity contribution in [2.24, 2.45) is 5.10 Å². The van der Waals surface area contributed by atoms with E-state index in [2.05, 4.69) is 15.8 Å². The van der Waals surface area contributed by atoms with Crippen LogP contribution in [0.3, 0.4) is 0 Å². The predicted molar refractivity (Wildman–Crippen MR) is 111 cm³/mol. The van der Waals surface area contributed by atoms with Crippen molar-refractivity contribution in [3.8, 4) is 11.5 Å². The second-order valence-electron chi connectivity index (χ2n) is 6.33. The van der Waals surface area contributed by atoms with E-state index in [1.165, 1.54) is 12.1 Å². The summed E-state index contributed by atoms with van der Waals surface area (Å²) in [6.45, 7) is 3.05. The van der Waals surface area contributed by atoms with Gasteiger partial charge in [-0.3, -0.25) is 19.7 Å². The Labute approximate surface area is 173 Å². The van der Waals surface area contributed by atoms with Gasteiger partial charge in [-0.05, 0) is 43.7 Å². The first kappa shape index (κ1) is 22.3. The van der Waals surface area contributed by atoms with Crippen LogP contribution < -0.4 is 20.2 Å². The molecule has 0 heterocycles. The van der Waals surface area contributed by atoms with Gasteiger partial charge in [-0.25, -0.2) is 5.43 Å². The van der Waals surface area contributed by atoms with Gasteiger partial charge in [0, 0.05) is 17.8 Å². The molecule has 0 saturated heterocycles. The molecular formula is C20H22N4O6. The van der Waals surface area contributed by atoms with E-state index in [9.17, 15) is 19.7 Å². The summed E-state index contributed by atoms with van der Waals surface area (Å²) in [6.07, 6.45) is -0.0955. The number of hydrazone groups is 1. The number of non-ortho nitro benzene ring substituents is 1. The van der Waals surface area contributed by atoms with Gasteiger partial charge in [0.2, 0.25) is 5.91 Å². The number of rotatable bonds is 9. The maximum Gasteiger partial charge on any atom is 0.277 e. The van der Waals surface area contributed by atoms with E-state index in [4.69, 9.17) is 9.47 Å². The highest BCUT2D eigenvalue weighted by Crippen LogP contribution is 2.22. The van der Waals surface area contributed by atoms with Crippen LogP contribution >= 0.6 is 0 Å². The van der Waals surface area contributed by atoms with Crippen LogP contribution in [0.25, 0.3) is 0 Å². The largest absolute Gasteiger partial charge is 0.497 e. The number of ether oxygens (including phenoxy) is 2. The van der Waals surface area contributed by atoms with E-state index in [1.807, 2.05) is 0 Å². The average Bonchev–Trinajstić information content (AvgIpc) is 2.72. The summed E-state index contributed by atoms with van der Waals surface area (Å²) in [4.78, 5) is 34.3. The van der Waals surface area contributed by atoms with Gasteiger partial charge in [0.1, 0.15) is 11.5 Å². The van der Waals surface area contributed by atoms with Gasteiger partial charge >= 0.3 is 0 Å². The number of aryl methyl sites for hydroxylation is 1. The molecule has 2 aromatic rings. The Morgan fingerprint density at radius 1 is 1.10 bits per heavy atom. The van der Waals surface area contributed by atoms with E-state index in [-0.39, 0.29) is 18.7 Å². The van der Waals surface area contributed by atoms with Crippen LogP contribution in [0.2, 0.25) is 0 Å². The SMILES string of the molecule is COc1ccc(OCC(=O)N/N=C(\C)CC(=O)Nc2cc([N+](=O)[O-])ccc2C)cc1. The van der Waals surface area contributed by atoms with Crippen LogP contribution in [0, 0.1) is 17.0 Å². The number of carbonyl (C=O) groups excluding carboxylic acids is 2. The van der Waals surface area contributed by atoms with Crippen molar-refractivity contribution >= 4 is 28.9 Å². The zero-order chi connectivity index (χ0) is 22.1. The molecule has 0 saturated carbocycles. The fourth-order valence-electron chi connectivity index (χ4n) is 2.34. The quantitative estimate of drug-likeness (QED) is 0.368. The first-order valence-corrected chi connectivity index (χ1v) is 8.92. The number of anilines is 1. The molecule has 158 valence electrons. The van der Waals surface area contributed by atoms with Crippen molar-refractivity contribution in [3.63, 3.8) is 0 Å². The van der Waals surface area contributed by atoms with Gasteiger partial charge in [-0.15, -0.1) is 0 Å². The Morgan fingerprint density at radius 2 is 1.77 bits per heavy atom. The molecule has 30 heavy (non-hydrogen) atoms. The van der Waals surface area contributed by atoms with Crippen LogP contribution in [0.5, 0.6) is 11.5 Å². The first-order chi connectivity index (χ1) is 14.3. The molecule has 0 fully saturated rings. The fraction of sp³-hybridized carbons (Fsp3) is 0.250. The number of hydrogen-bond acceptors (Lipinski definition) is 7. The van der Waals surface area contributed by atoms with E-state index >= 15 is 0 Å². The summed E-state index contributed by atoms with van der Waals surface area (Å²) < 4.78 is 10.4. The first-order valence-electron chi connectivity index (χ1n) is 8.92. The third kappa shape index (κ3) is 6.89. The fourth-order valence-corrected chi connectivity index (χ4v) is 2.34. The van der Waals surface area contributed by atoms with Crippen molar-refractivity contribution in [2.75, 3.05) is 19.0 Å². The van der Waals surface area contributed by atoms with Crippen LogP contribution in [-0.4, -0.2) is 36.2 Å². The smallest absolute Gasteiger partial charge is 0.277 e. The molecule has 2 aromatic carbocycles. The second-order valence-corrected chi connectivity index (χ2v) is 6.33. The number of amides is 2. The molecule has 0 aliphatic heterocycles. The number of nitrogens with zero attached hydrogens (tertiary/aromatic N) is 2. The monoisotopic (exact) mass is 414 g/mol. The Balaban J connectivity index is 1.82. The molecule has 0 aliphatic rings. The number of nitrogens with one attached hydrogen (secondary N) is 2. The van der Waals surface area contributed by atoms with E-state index in [0.29, 0.717) is 28.5 Å². The summed E-state index contributed by atoms with van der Waals surface area (Å²) >= 11 is 0. The van der Waals surface area contributed by atoms with Crippen LogP contribution in [0.1, 0.15) is 18.9 Å². The molecule has 0 radical (unpaired) electrons. The molecule has 2 amide bonds. The molecule has 0 aliphatic carbocycles. The number of benzene rings is 2. The number of methoxy groups -OCH3 is 1. The minimum absolute atomic E-state index is 0.0955. The van der Waals surface area contributed by atoms with Gasteiger partial charge in [0.05, 0.1) is 24.1 Å². The third-order valence-electron chi connectivity index (χ3n) is 3.92. The molecule has 2 rings (SSSR count). The van der Waals surface area contributed by atoms with Gasteiger partial charge in [0.25, 0.3) is 11.6 Å². The minimum Gasteiger partial charge on any atom is -0.497 e. The standard InChI is InChI=1S/C20H22N4O6/c1-13-4-5-15(24(27)28)11-18(13)21-19(25)10-14(2)22-23-20(26)12-30-17-8-6-16(29-3)7-9-17/h4-9,11H,10,12H2,1-3H3,(H,21,25)(H,23,26)/b22-14+. The van der Waals surface area contributed by atoms with Crippen molar-refractivity contribution in [3.05, 3.63) is 58.1 Å². The van der Waals surface area contributed by atoms with Crippen LogP contribution in [-0.2, 0) is 9.59 Å². The lowest BCUT2D eigenvalue weighted by Gasteiger charge is -2.09. The zero-order valence-electron chi connectivity index (χ0n) is 16.8. The van der Waals surface area contributed by atoms with Crippen molar-refractivity contribution in [2.45, 2.75) is 20.3 Å². The molecule has 0 bridgehead atoms. The average molecular weight is 414 g/mol. The number of nitro benzene ring substituents is 1. The van der Waals surface area contributed by atoms with Crippen molar-refractivity contribution < 1.29 is 24.0 Å². The summed E-state index contributed by atoms with van der Waals surface area (Å²) in [7, 11) is 1.55. The molecule has 10 nitrogen and oxygen atoms in total. The Hall–Kier alpha value is -3.95. The van der Waals surface area contributed by atoms with Crippen LogP contribution in [0.4, 0.5) is 11.4 Å². The van der Waals surface area contributed by atoms with Gasteiger partial charge in [-0.2, -0.15) is 5.10 Å². The van der Waals surface area contributed by atoms with E-state index in [1.54, 1.807) is 51.3 Å². The Kier molecular flexibility index (Phi) is 7.86. The Morgan fingerprint density at radius 3 is 2.40 bits per heavy atom.